The van der Waals surface area contributed by atoms with E-state index in [0.29, 0.717) is 11.4 Å². The molecular formula is C17H21ClN4O2. The van der Waals surface area contributed by atoms with Crippen molar-refractivity contribution in [2.75, 3.05) is 25.1 Å². The zero-order valence-electron chi connectivity index (χ0n) is 13.8. The SMILES string of the molecule is COc1ccc(Cl)cc1N1CC[C@@H](NC(=O)Cc2cnn(C)c2)C1. The van der Waals surface area contributed by atoms with Crippen LogP contribution in [0, 0.1) is 0 Å². The van der Waals surface area contributed by atoms with Crippen LogP contribution in [0.5, 0.6) is 5.75 Å². The monoisotopic (exact) mass is 348 g/mol. The molecule has 0 aliphatic carbocycles. The number of nitrogens with zero attached hydrogens (tertiary/aromatic N) is 3. The molecule has 7 heteroatoms. The summed E-state index contributed by atoms with van der Waals surface area (Å²) in [6.07, 6.45) is 4.83. The largest absolute Gasteiger partial charge is 0.495 e. The average molecular weight is 349 g/mol. The van der Waals surface area contributed by atoms with Crippen molar-refractivity contribution >= 4 is 23.2 Å². The number of benzene rings is 1. The van der Waals surface area contributed by atoms with Crippen molar-refractivity contribution in [3.63, 3.8) is 0 Å². The van der Waals surface area contributed by atoms with E-state index in [-0.39, 0.29) is 11.9 Å². The van der Waals surface area contributed by atoms with Gasteiger partial charge in [-0.05, 0) is 30.2 Å². The predicted octanol–water partition coefficient (Wildman–Crippen LogP) is 2.02. The summed E-state index contributed by atoms with van der Waals surface area (Å²) in [5.74, 6) is 0.814. The molecule has 1 aliphatic rings. The summed E-state index contributed by atoms with van der Waals surface area (Å²) in [5.41, 5.74) is 1.88. The molecule has 128 valence electrons. The van der Waals surface area contributed by atoms with Gasteiger partial charge in [0.15, 0.2) is 0 Å². The second-order valence-corrected chi connectivity index (χ2v) is 6.45. The highest BCUT2D eigenvalue weighted by atomic mass is 35.5. The number of halogens is 1. The number of rotatable bonds is 5. The fraction of sp³-hybridized carbons (Fsp3) is 0.412. The van der Waals surface area contributed by atoms with E-state index in [1.54, 1.807) is 18.0 Å². The quantitative estimate of drug-likeness (QED) is 0.898. The van der Waals surface area contributed by atoms with Crippen molar-refractivity contribution in [2.45, 2.75) is 18.9 Å². The molecule has 3 rings (SSSR count). The van der Waals surface area contributed by atoms with Crippen molar-refractivity contribution in [3.05, 3.63) is 41.2 Å². The Morgan fingerprint density at radius 1 is 1.50 bits per heavy atom. The minimum absolute atomic E-state index is 0.0212. The Morgan fingerprint density at radius 3 is 3.04 bits per heavy atom. The van der Waals surface area contributed by atoms with Gasteiger partial charge in [0.1, 0.15) is 5.75 Å². The summed E-state index contributed by atoms with van der Waals surface area (Å²) in [6, 6.07) is 5.71. The number of aromatic nitrogens is 2. The van der Waals surface area contributed by atoms with Crippen LogP contribution < -0.4 is 15.0 Å². The second-order valence-electron chi connectivity index (χ2n) is 6.01. The lowest BCUT2D eigenvalue weighted by atomic mass is 10.2. The van der Waals surface area contributed by atoms with Gasteiger partial charge in [0, 0.05) is 37.4 Å². The van der Waals surface area contributed by atoms with E-state index in [2.05, 4.69) is 15.3 Å². The zero-order chi connectivity index (χ0) is 17.1. The minimum atomic E-state index is 0.0212. The number of anilines is 1. The van der Waals surface area contributed by atoms with Crippen LogP contribution in [0.3, 0.4) is 0 Å². The van der Waals surface area contributed by atoms with Gasteiger partial charge in [-0.3, -0.25) is 9.48 Å². The van der Waals surface area contributed by atoms with Crippen LogP contribution in [0.25, 0.3) is 0 Å². The first kappa shape index (κ1) is 16.6. The van der Waals surface area contributed by atoms with Crippen molar-refractivity contribution in [1.29, 1.82) is 0 Å². The molecule has 1 aromatic heterocycles. The molecule has 2 heterocycles. The van der Waals surface area contributed by atoms with Gasteiger partial charge >= 0.3 is 0 Å². The molecular weight excluding hydrogens is 328 g/mol. The third kappa shape index (κ3) is 3.82. The fourth-order valence-corrected chi connectivity index (χ4v) is 3.20. The Balaban J connectivity index is 1.59. The number of nitrogens with one attached hydrogen (secondary N) is 1. The Hall–Kier alpha value is -2.21. The van der Waals surface area contributed by atoms with Crippen LogP contribution in [-0.2, 0) is 18.3 Å². The highest BCUT2D eigenvalue weighted by Crippen LogP contribution is 2.33. The third-order valence-electron chi connectivity index (χ3n) is 4.16. The van der Waals surface area contributed by atoms with Gasteiger partial charge in [-0.15, -0.1) is 0 Å². The average Bonchev–Trinajstić information content (AvgIpc) is 3.16. The lowest BCUT2D eigenvalue weighted by molar-refractivity contribution is -0.121. The molecule has 1 aliphatic heterocycles. The predicted molar refractivity (Wildman–Crippen MR) is 93.7 cm³/mol. The Labute approximate surface area is 146 Å². The fourth-order valence-electron chi connectivity index (χ4n) is 3.03. The summed E-state index contributed by atoms with van der Waals surface area (Å²) >= 11 is 6.11. The van der Waals surface area contributed by atoms with Gasteiger partial charge in [-0.25, -0.2) is 0 Å². The van der Waals surface area contributed by atoms with Crippen LogP contribution in [0.15, 0.2) is 30.6 Å². The number of methoxy groups -OCH3 is 1. The van der Waals surface area contributed by atoms with E-state index >= 15 is 0 Å². The van der Waals surface area contributed by atoms with Gasteiger partial charge in [0.25, 0.3) is 0 Å². The molecule has 1 N–H and O–H groups in total. The first-order chi connectivity index (χ1) is 11.5. The molecule has 0 radical (unpaired) electrons. The van der Waals surface area contributed by atoms with E-state index < -0.39 is 0 Å². The maximum atomic E-state index is 12.2. The number of carbonyl (C=O) groups is 1. The van der Waals surface area contributed by atoms with Crippen LogP contribution in [0.2, 0.25) is 5.02 Å². The lowest BCUT2D eigenvalue weighted by Crippen LogP contribution is -2.38. The number of hydrogen-bond acceptors (Lipinski definition) is 4. The van der Waals surface area contributed by atoms with E-state index in [1.807, 2.05) is 31.4 Å². The van der Waals surface area contributed by atoms with Crippen LogP contribution in [0.1, 0.15) is 12.0 Å². The minimum Gasteiger partial charge on any atom is -0.495 e. The molecule has 0 saturated carbocycles. The van der Waals surface area contributed by atoms with Crippen molar-refractivity contribution in [2.24, 2.45) is 7.05 Å². The number of aryl methyl sites for hydroxylation is 1. The first-order valence-electron chi connectivity index (χ1n) is 7.90. The van der Waals surface area contributed by atoms with Gasteiger partial charge < -0.3 is 15.0 Å². The summed E-state index contributed by atoms with van der Waals surface area (Å²) in [5, 5.41) is 7.86. The van der Waals surface area contributed by atoms with Crippen LogP contribution >= 0.6 is 11.6 Å². The maximum absolute atomic E-state index is 12.2. The van der Waals surface area contributed by atoms with Gasteiger partial charge in [0.2, 0.25) is 5.91 Å². The van der Waals surface area contributed by atoms with Crippen molar-refractivity contribution in [3.8, 4) is 5.75 Å². The summed E-state index contributed by atoms with van der Waals surface area (Å²) in [7, 11) is 3.49. The number of ether oxygens (including phenoxy) is 1. The lowest BCUT2D eigenvalue weighted by Gasteiger charge is -2.21. The summed E-state index contributed by atoms with van der Waals surface area (Å²) < 4.78 is 7.11. The Bertz CT molecular complexity index is 731. The van der Waals surface area contributed by atoms with E-state index in [9.17, 15) is 4.79 Å². The molecule has 1 saturated heterocycles. The van der Waals surface area contributed by atoms with Crippen LogP contribution in [0.4, 0.5) is 5.69 Å². The molecule has 0 unspecified atom stereocenters. The molecule has 1 fully saturated rings. The first-order valence-corrected chi connectivity index (χ1v) is 8.28. The molecule has 1 aromatic carbocycles. The van der Waals surface area contributed by atoms with Crippen molar-refractivity contribution in [1.82, 2.24) is 15.1 Å². The van der Waals surface area contributed by atoms with E-state index in [0.717, 1.165) is 36.5 Å². The molecule has 1 atom stereocenters. The zero-order valence-corrected chi connectivity index (χ0v) is 14.6. The Morgan fingerprint density at radius 2 is 2.33 bits per heavy atom. The molecule has 1 amide bonds. The smallest absolute Gasteiger partial charge is 0.224 e. The number of carbonyl (C=O) groups excluding carboxylic acids is 1. The Kier molecular flexibility index (Phi) is 4.94. The third-order valence-corrected chi connectivity index (χ3v) is 4.39. The standard InChI is InChI=1S/C17H21ClN4O2/c1-21-10-12(9-19-21)7-17(23)20-14-5-6-22(11-14)15-8-13(18)3-4-16(15)24-2/h3-4,8-10,14H,5-7,11H2,1-2H3,(H,20,23)/t14-/m1/s1. The van der Waals surface area contributed by atoms with Gasteiger partial charge in [-0.1, -0.05) is 11.6 Å². The van der Waals surface area contributed by atoms with E-state index in [1.165, 1.54) is 0 Å². The number of hydrogen-bond donors (Lipinski definition) is 1. The highest BCUT2D eigenvalue weighted by molar-refractivity contribution is 6.30. The number of amides is 1. The topological polar surface area (TPSA) is 59.4 Å². The maximum Gasteiger partial charge on any atom is 0.224 e. The molecule has 24 heavy (non-hydrogen) atoms. The molecule has 0 bridgehead atoms. The van der Waals surface area contributed by atoms with Crippen molar-refractivity contribution < 1.29 is 9.53 Å². The van der Waals surface area contributed by atoms with E-state index in [4.69, 9.17) is 16.3 Å². The summed E-state index contributed by atoms with van der Waals surface area (Å²) in [4.78, 5) is 14.4. The molecule has 2 aromatic rings. The molecule has 6 nitrogen and oxygen atoms in total. The normalized spacial score (nSPS) is 17.1. The van der Waals surface area contributed by atoms with Gasteiger partial charge in [0.05, 0.1) is 25.4 Å². The van der Waals surface area contributed by atoms with Crippen LogP contribution in [-0.4, -0.2) is 41.9 Å². The second kappa shape index (κ2) is 7.13. The molecule has 0 spiro atoms. The van der Waals surface area contributed by atoms with Gasteiger partial charge in [-0.2, -0.15) is 5.10 Å². The highest BCUT2D eigenvalue weighted by Gasteiger charge is 2.26. The summed E-state index contributed by atoms with van der Waals surface area (Å²) in [6.45, 7) is 1.60.